The fourth-order valence-electron chi connectivity index (χ4n) is 2.37. The molecule has 0 saturated carbocycles. The van der Waals surface area contributed by atoms with Crippen LogP contribution >= 0.6 is 22.6 Å². The highest BCUT2D eigenvalue weighted by molar-refractivity contribution is 14.1. The minimum Gasteiger partial charge on any atom is -0.378 e. The van der Waals surface area contributed by atoms with Gasteiger partial charge in [-0.2, -0.15) is 0 Å². The van der Waals surface area contributed by atoms with Crippen LogP contribution in [-0.4, -0.2) is 0 Å². The van der Waals surface area contributed by atoms with E-state index in [-0.39, 0.29) is 6.04 Å². The Morgan fingerprint density at radius 2 is 1.55 bits per heavy atom. The third kappa shape index (κ3) is 2.80. The predicted octanol–water partition coefficient (Wildman–Crippen LogP) is 5.62. The van der Waals surface area contributed by atoms with Crippen molar-refractivity contribution in [2.45, 2.75) is 13.0 Å². The smallest absolute Gasteiger partial charge is 0.0486 e. The second kappa shape index (κ2) is 5.83. The van der Waals surface area contributed by atoms with Crippen molar-refractivity contribution >= 4 is 39.1 Å². The third-order valence-corrected chi connectivity index (χ3v) is 4.46. The number of benzene rings is 3. The summed E-state index contributed by atoms with van der Waals surface area (Å²) in [7, 11) is 0. The summed E-state index contributed by atoms with van der Waals surface area (Å²) in [6.45, 7) is 2.20. The molecule has 1 unspecified atom stereocenters. The summed E-state index contributed by atoms with van der Waals surface area (Å²) in [6.07, 6.45) is 0. The van der Waals surface area contributed by atoms with Crippen molar-refractivity contribution in [1.82, 2.24) is 0 Å². The zero-order valence-corrected chi connectivity index (χ0v) is 13.5. The highest BCUT2D eigenvalue weighted by atomic mass is 127. The van der Waals surface area contributed by atoms with Gasteiger partial charge in [-0.3, -0.25) is 0 Å². The van der Waals surface area contributed by atoms with Crippen molar-refractivity contribution in [3.05, 3.63) is 75.9 Å². The maximum absolute atomic E-state index is 3.58. The molecule has 0 radical (unpaired) electrons. The summed E-state index contributed by atoms with van der Waals surface area (Å²) in [4.78, 5) is 0. The summed E-state index contributed by atoms with van der Waals surface area (Å²) in [5.74, 6) is 0. The van der Waals surface area contributed by atoms with Gasteiger partial charge in [0.25, 0.3) is 0 Å². The lowest BCUT2D eigenvalue weighted by atomic mass is 10.0. The van der Waals surface area contributed by atoms with E-state index in [1.165, 1.54) is 25.6 Å². The third-order valence-electron chi connectivity index (χ3n) is 3.52. The zero-order valence-electron chi connectivity index (χ0n) is 11.3. The summed E-state index contributed by atoms with van der Waals surface area (Å²) >= 11 is 2.36. The molecule has 0 aliphatic heterocycles. The zero-order chi connectivity index (χ0) is 13.9. The van der Waals surface area contributed by atoms with Gasteiger partial charge in [0, 0.05) is 15.3 Å². The Labute approximate surface area is 133 Å². The van der Waals surface area contributed by atoms with E-state index in [9.17, 15) is 0 Å². The highest BCUT2D eigenvalue weighted by Gasteiger charge is 2.07. The Kier molecular flexibility index (Phi) is 3.92. The van der Waals surface area contributed by atoms with Crippen LogP contribution in [0.3, 0.4) is 0 Å². The van der Waals surface area contributed by atoms with E-state index < -0.39 is 0 Å². The first-order valence-corrected chi connectivity index (χ1v) is 7.82. The predicted molar refractivity (Wildman–Crippen MR) is 95.1 cm³/mol. The van der Waals surface area contributed by atoms with Crippen LogP contribution in [0.15, 0.2) is 66.7 Å². The normalized spacial score (nSPS) is 12.3. The Morgan fingerprint density at radius 3 is 2.35 bits per heavy atom. The lowest BCUT2D eigenvalue weighted by molar-refractivity contribution is 0.885. The summed E-state index contributed by atoms with van der Waals surface area (Å²) in [5.41, 5.74) is 2.50. The molecule has 3 aromatic rings. The van der Waals surface area contributed by atoms with E-state index in [1.54, 1.807) is 0 Å². The van der Waals surface area contributed by atoms with E-state index in [0.717, 1.165) is 0 Å². The first-order valence-electron chi connectivity index (χ1n) is 6.74. The van der Waals surface area contributed by atoms with Gasteiger partial charge in [-0.15, -0.1) is 0 Å². The van der Waals surface area contributed by atoms with Gasteiger partial charge in [-0.1, -0.05) is 48.5 Å². The van der Waals surface area contributed by atoms with Crippen LogP contribution in [0.2, 0.25) is 0 Å². The van der Waals surface area contributed by atoms with Crippen LogP contribution in [0.1, 0.15) is 18.5 Å². The first-order chi connectivity index (χ1) is 9.74. The number of hydrogen-bond donors (Lipinski definition) is 1. The molecular weight excluding hydrogens is 357 g/mol. The molecule has 0 saturated heterocycles. The molecule has 0 aliphatic carbocycles. The van der Waals surface area contributed by atoms with E-state index >= 15 is 0 Å². The molecule has 1 atom stereocenters. The molecule has 20 heavy (non-hydrogen) atoms. The number of fused-ring (bicyclic) bond motifs is 1. The van der Waals surface area contributed by atoms with Crippen molar-refractivity contribution in [1.29, 1.82) is 0 Å². The fraction of sp³-hybridized carbons (Fsp3) is 0.111. The van der Waals surface area contributed by atoms with Crippen molar-refractivity contribution < 1.29 is 0 Å². The van der Waals surface area contributed by atoms with Gasteiger partial charge in [0.05, 0.1) is 0 Å². The SMILES string of the molecule is CC(Nc1ccccc1I)c1ccc2ccccc2c1. The molecule has 0 aliphatic rings. The molecule has 0 bridgehead atoms. The highest BCUT2D eigenvalue weighted by Crippen LogP contribution is 2.25. The van der Waals surface area contributed by atoms with Crippen LogP contribution in [-0.2, 0) is 0 Å². The quantitative estimate of drug-likeness (QED) is 0.588. The van der Waals surface area contributed by atoms with E-state index in [4.69, 9.17) is 0 Å². The fourth-order valence-corrected chi connectivity index (χ4v) is 2.92. The number of anilines is 1. The van der Waals surface area contributed by atoms with Crippen molar-refractivity contribution in [2.24, 2.45) is 0 Å². The molecule has 0 heterocycles. The molecule has 0 spiro atoms. The number of nitrogens with one attached hydrogen (secondary N) is 1. The van der Waals surface area contributed by atoms with Crippen LogP contribution < -0.4 is 5.32 Å². The van der Waals surface area contributed by atoms with E-state index in [0.29, 0.717) is 0 Å². The van der Waals surface area contributed by atoms with Crippen LogP contribution in [0, 0.1) is 3.57 Å². The Balaban J connectivity index is 1.89. The molecule has 1 nitrogen and oxygen atoms in total. The molecule has 0 fully saturated rings. The first kappa shape index (κ1) is 13.4. The summed E-state index contributed by atoms with van der Waals surface area (Å²) in [6, 6.07) is 23.8. The Hall–Kier alpha value is -1.55. The Morgan fingerprint density at radius 1 is 0.850 bits per heavy atom. The molecule has 1 N–H and O–H groups in total. The van der Waals surface area contributed by atoms with Crippen LogP contribution in [0.5, 0.6) is 0 Å². The number of rotatable bonds is 3. The maximum atomic E-state index is 3.58. The number of hydrogen-bond acceptors (Lipinski definition) is 1. The number of para-hydroxylation sites is 1. The average molecular weight is 373 g/mol. The second-order valence-electron chi connectivity index (χ2n) is 4.95. The van der Waals surface area contributed by atoms with Crippen LogP contribution in [0.4, 0.5) is 5.69 Å². The van der Waals surface area contributed by atoms with Crippen molar-refractivity contribution in [3.63, 3.8) is 0 Å². The van der Waals surface area contributed by atoms with Gasteiger partial charge in [-0.25, -0.2) is 0 Å². The topological polar surface area (TPSA) is 12.0 Å². The maximum Gasteiger partial charge on any atom is 0.0486 e. The van der Waals surface area contributed by atoms with Crippen LogP contribution in [0.25, 0.3) is 10.8 Å². The molecule has 3 aromatic carbocycles. The standard InChI is InChI=1S/C18H16IN/c1-13(20-18-9-5-4-8-17(18)19)15-11-10-14-6-2-3-7-16(14)12-15/h2-13,20H,1H3. The molecule has 2 heteroatoms. The average Bonchev–Trinajstić information content (AvgIpc) is 2.49. The van der Waals surface area contributed by atoms with Gasteiger partial charge >= 0.3 is 0 Å². The molecule has 0 amide bonds. The van der Waals surface area contributed by atoms with Gasteiger partial charge in [0.2, 0.25) is 0 Å². The second-order valence-corrected chi connectivity index (χ2v) is 6.11. The summed E-state index contributed by atoms with van der Waals surface area (Å²) < 4.78 is 1.25. The van der Waals surface area contributed by atoms with Gasteiger partial charge in [0.1, 0.15) is 0 Å². The Bertz CT molecular complexity index is 736. The lowest BCUT2D eigenvalue weighted by Gasteiger charge is -2.17. The van der Waals surface area contributed by atoms with E-state index in [1.807, 2.05) is 0 Å². The van der Waals surface area contributed by atoms with Crippen molar-refractivity contribution in [2.75, 3.05) is 5.32 Å². The minimum atomic E-state index is 0.288. The summed E-state index contributed by atoms with van der Waals surface area (Å²) in [5, 5.41) is 6.17. The lowest BCUT2D eigenvalue weighted by Crippen LogP contribution is -2.07. The molecule has 100 valence electrons. The van der Waals surface area contributed by atoms with Gasteiger partial charge in [0.15, 0.2) is 0 Å². The molecule has 0 aromatic heterocycles. The van der Waals surface area contributed by atoms with Crippen molar-refractivity contribution in [3.8, 4) is 0 Å². The monoisotopic (exact) mass is 373 g/mol. The number of halogens is 1. The van der Waals surface area contributed by atoms with Gasteiger partial charge < -0.3 is 5.32 Å². The van der Waals surface area contributed by atoms with Gasteiger partial charge in [-0.05, 0) is 64.0 Å². The minimum absolute atomic E-state index is 0.288. The van der Waals surface area contributed by atoms with E-state index in [2.05, 4.69) is 102 Å². The molecule has 3 rings (SSSR count). The molecular formula is C18H16IN. The largest absolute Gasteiger partial charge is 0.378 e.